The molecule has 3 heteroatoms. The molecule has 0 unspecified atom stereocenters. The second-order valence-electron chi connectivity index (χ2n) is 4.74. The van der Waals surface area contributed by atoms with Gasteiger partial charge in [0.05, 0.1) is 12.6 Å². The molecule has 104 valence electrons. The first-order chi connectivity index (χ1) is 9.70. The van der Waals surface area contributed by atoms with E-state index in [1.54, 1.807) is 7.11 Å². The molecular weight excluding hydrogens is 250 g/mol. The van der Waals surface area contributed by atoms with Crippen molar-refractivity contribution < 1.29 is 9.53 Å². The van der Waals surface area contributed by atoms with Crippen LogP contribution in [0.4, 0.5) is 0 Å². The van der Waals surface area contributed by atoms with Crippen LogP contribution in [0.1, 0.15) is 34.5 Å². The molecule has 1 amide bonds. The normalized spacial score (nSPS) is 11.9. The number of carbonyl (C=O) groups excluding carboxylic acids is 1. The van der Waals surface area contributed by atoms with Gasteiger partial charge in [-0.15, -0.1) is 0 Å². The maximum Gasteiger partial charge on any atom is 0.251 e. The number of methoxy groups -OCH3 is 1. The van der Waals surface area contributed by atoms with Crippen LogP contribution in [0.5, 0.6) is 0 Å². The molecule has 0 radical (unpaired) electrons. The van der Waals surface area contributed by atoms with Crippen LogP contribution >= 0.6 is 0 Å². The summed E-state index contributed by atoms with van der Waals surface area (Å²) >= 11 is 0. The Bertz CT molecular complexity index is 549. The largest absolute Gasteiger partial charge is 0.380 e. The van der Waals surface area contributed by atoms with Crippen molar-refractivity contribution in [2.75, 3.05) is 7.11 Å². The zero-order valence-electron chi connectivity index (χ0n) is 11.8. The minimum atomic E-state index is -0.0645. The zero-order chi connectivity index (χ0) is 14.4. The molecule has 0 spiro atoms. The van der Waals surface area contributed by atoms with Crippen molar-refractivity contribution in [3.05, 3.63) is 71.3 Å². The summed E-state index contributed by atoms with van der Waals surface area (Å²) in [6.45, 7) is 2.54. The number of amides is 1. The molecular formula is C17H19NO2. The van der Waals surface area contributed by atoms with E-state index in [9.17, 15) is 4.79 Å². The third kappa shape index (κ3) is 3.68. The van der Waals surface area contributed by atoms with Crippen LogP contribution in [0, 0.1) is 0 Å². The van der Waals surface area contributed by atoms with E-state index in [0.717, 1.165) is 11.1 Å². The number of hydrogen-bond donors (Lipinski definition) is 1. The Labute approximate surface area is 119 Å². The second kappa shape index (κ2) is 6.87. The highest BCUT2D eigenvalue weighted by Crippen LogP contribution is 2.13. The number of rotatable bonds is 5. The van der Waals surface area contributed by atoms with Gasteiger partial charge in [-0.25, -0.2) is 0 Å². The Morgan fingerprint density at radius 1 is 1.10 bits per heavy atom. The lowest BCUT2D eigenvalue weighted by Gasteiger charge is -2.14. The van der Waals surface area contributed by atoms with Crippen molar-refractivity contribution >= 4 is 5.91 Å². The summed E-state index contributed by atoms with van der Waals surface area (Å²) in [6.07, 6.45) is 0. The number of benzene rings is 2. The van der Waals surface area contributed by atoms with Gasteiger partial charge in [0.2, 0.25) is 0 Å². The summed E-state index contributed by atoms with van der Waals surface area (Å²) in [7, 11) is 1.65. The number of ether oxygens (including phenoxy) is 1. The smallest absolute Gasteiger partial charge is 0.251 e. The maximum atomic E-state index is 12.2. The predicted molar refractivity (Wildman–Crippen MR) is 79.5 cm³/mol. The van der Waals surface area contributed by atoms with Crippen LogP contribution < -0.4 is 5.32 Å². The van der Waals surface area contributed by atoms with Gasteiger partial charge in [0.15, 0.2) is 0 Å². The van der Waals surface area contributed by atoms with E-state index in [0.29, 0.717) is 12.2 Å². The van der Waals surface area contributed by atoms with Crippen molar-refractivity contribution in [1.82, 2.24) is 5.32 Å². The number of nitrogens with one attached hydrogen (secondary N) is 1. The quantitative estimate of drug-likeness (QED) is 0.904. The Hall–Kier alpha value is -2.13. The highest BCUT2D eigenvalue weighted by atomic mass is 16.5. The van der Waals surface area contributed by atoms with E-state index in [1.165, 1.54) is 0 Å². The van der Waals surface area contributed by atoms with Crippen molar-refractivity contribution in [2.24, 2.45) is 0 Å². The first kappa shape index (κ1) is 14.3. The van der Waals surface area contributed by atoms with Crippen LogP contribution in [0.25, 0.3) is 0 Å². The van der Waals surface area contributed by atoms with Crippen molar-refractivity contribution in [1.29, 1.82) is 0 Å². The SMILES string of the molecule is COCc1ccc(C(=O)N[C@H](C)c2ccccc2)cc1. The van der Waals surface area contributed by atoms with Gasteiger partial charge in [0, 0.05) is 12.7 Å². The molecule has 0 heterocycles. The van der Waals surface area contributed by atoms with Gasteiger partial charge in [0.1, 0.15) is 0 Å². The molecule has 0 fully saturated rings. The molecule has 3 nitrogen and oxygen atoms in total. The van der Waals surface area contributed by atoms with Crippen molar-refractivity contribution in [3.63, 3.8) is 0 Å². The fraction of sp³-hybridized carbons (Fsp3) is 0.235. The van der Waals surface area contributed by atoms with Crippen LogP contribution in [-0.2, 0) is 11.3 Å². The minimum Gasteiger partial charge on any atom is -0.380 e. The van der Waals surface area contributed by atoms with E-state index in [2.05, 4.69) is 5.32 Å². The van der Waals surface area contributed by atoms with Gasteiger partial charge < -0.3 is 10.1 Å². The van der Waals surface area contributed by atoms with Gasteiger partial charge in [0.25, 0.3) is 5.91 Å². The Morgan fingerprint density at radius 3 is 2.35 bits per heavy atom. The van der Waals surface area contributed by atoms with Crippen LogP contribution in [-0.4, -0.2) is 13.0 Å². The van der Waals surface area contributed by atoms with E-state index < -0.39 is 0 Å². The van der Waals surface area contributed by atoms with Crippen molar-refractivity contribution in [3.8, 4) is 0 Å². The van der Waals surface area contributed by atoms with Gasteiger partial charge in [-0.2, -0.15) is 0 Å². The van der Waals surface area contributed by atoms with Gasteiger partial charge >= 0.3 is 0 Å². The molecule has 0 saturated heterocycles. The molecule has 0 aliphatic heterocycles. The molecule has 2 rings (SSSR count). The van der Waals surface area contributed by atoms with E-state index in [1.807, 2.05) is 61.5 Å². The fourth-order valence-corrected chi connectivity index (χ4v) is 2.02. The Morgan fingerprint density at radius 2 is 1.75 bits per heavy atom. The average molecular weight is 269 g/mol. The van der Waals surface area contributed by atoms with E-state index >= 15 is 0 Å². The molecule has 2 aromatic rings. The van der Waals surface area contributed by atoms with E-state index in [4.69, 9.17) is 4.74 Å². The first-order valence-corrected chi connectivity index (χ1v) is 6.64. The summed E-state index contributed by atoms with van der Waals surface area (Å²) in [5, 5.41) is 2.99. The van der Waals surface area contributed by atoms with Crippen LogP contribution in [0.15, 0.2) is 54.6 Å². The highest BCUT2D eigenvalue weighted by molar-refractivity contribution is 5.94. The Balaban J connectivity index is 2.01. The van der Waals surface area contributed by atoms with Crippen molar-refractivity contribution in [2.45, 2.75) is 19.6 Å². The first-order valence-electron chi connectivity index (χ1n) is 6.64. The van der Waals surface area contributed by atoms with Gasteiger partial charge in [-0.05, 0) is 30.2 Å². The van der Waals surface area contributed by atoms with Crippen LogP contribution in [0.3, 0.4) is 0 Å². The summed E-state index contributed by atoms with van der Waals surface area (Å²) in [6, 6.07) is 17.4. The molecule has 1 atom stereocenters. The fourth-order valence-electron chi connectivity index (χ4n) is 2.02. The van der Waals surface area contributed by atoms with Gasteiger partial charge in [-0.3, -0.25) is 4.79 Å². The minimum absolute atomic E-state index is 0.0117. The average Bonchev–Trinajstić information content (AvgIpc) is 2.49. The highest BCUT2D eigenvalue weighted by Gasteiger charge is 2.10. The molecule has 0 bridgehead atoms. The molecule has 20 heavy (non-hydrogen) atoms. The lowest BCUT2D eigenvalue weighted by atomic mass is 10.1. The zero-order valence-corrected chi connectivity index (χ0v) is 11.8. The Kier molecular flexibility index (Phi) is 4.91. The summed E-state index contributed by atoms with van der Waals surface area (Å²) < 4.78 is 5.05. The third-order valence-corrected chi connectivity index (χ3v) is 3.17. The summed E-state index contributed by atoms with van der Waals surface area (Å²) in [4.78, 5) is 12.2. The predicted octanol–water partition coefficient (Wildman–Crippen LogP) is 3.32. The maximum absolute atomic E-state index is 12.2. The summed E-state index contributed by atoms with van der Waals surface area (Å²) in [5.74, 6) is -0.0645. The lowest BCUT2D eigenvalue weighted by Crippen LogP contribution is -2.26. The standard InChI is InChI=1S/C17H19NO2/c1-13(15-6-4-3-5-7-15)18-17(19)16-10-8-14(9-11-16)12-20-2/h3-11,13H,12H2,1-2H3,(H,18,19)/t13-/m1/s1. The summed E-state index contributed by atoms with van der Waals surface area (Å²) in [5.41, 5.74) is 2.81. The molecule has 0 aliphatic rings. The molecule has 1 N–H and O–H groups in total. The van der Waals surface area contributed by atoms with Crippen LogP contribution in [0.2, 0.25) is 0 Å². The number of carbonyl (C=O) groups is 1. The van der Waals surface area contributed by atoms with E-state index in [-0.39, 0.29) is 11.9 Å². The lowest BCUT2D eigenvalue weighted by molar-refractivity contribution is 0.0940. The topological polar surface area (TPSA) is 38.3 Å². The molecule has 0 saturated carbocycles. The third-order valence-electron chi connectivity index (χ3n) is 3.17. The monoisotopic (exact) mass is 269 g/mol. The van der Waals surface area contributed by atoms with Gasteiger partial charge in [-0.1, -0.05) is 42.5 Å². The number of hydrogen-bond acceptors (Lipinski definition) is 2. The second-order valence-corrected chi connectivity index (χ2v) is 4.74. The molecule has 0 aliphatic carbocycles. The molecule has 2 aromatic carbocycles. The molecule has 0 aromatic heterocycles.